The molecule has 5 heteroatoms. The lowest BCUT2D eigenvalue weighted by molar-refractivity contribution is 0.0326. The van der Waals surface area contributed by atoms with E-state index in [1.54, 1.807) is 0 Å². The van der Waals surface area contributed by atoms with Crippen LogP contribution in [0.15, 0.2) is 24.3 Å². The summed E-state index contributed by atoms with van der Waals surface area (Å²) < 4.78 is 7.71. The fourth-order valence-corrected chi connectivity index (χ4v) is 2.77. The Bertz CT molecular complexity index is 589. The molecular weight excluding hydrogens is 264 g/mol. The number of para-hydroxylation sites is 2. The molecule has 1 aromatic carbocycles. The highest BCUT2D eigenvalue weighted by atomic mass is 16.5. The van der Waals surface area contributed by atoms with Crippen molar-refractivity contribution in [2.75, 3.05) is 26.3 Å². The summed E-state index contributed by atoms with van der Waals surface area (Å²) in [6.07, 6.45) is 0.976. The molecule has 114 valence electrons. The Balaban J connectivity index is 1.89. The van der Waals surface area contributed by atoms with Crippen molar-refractivity contribution in [2.45, 2.75) is 32.5 Å². The maximum atomic E-state index is 6.18. The van der Waals surface area contributed by atoms with Crippen LogP contribution in [-0.4, -0.2) is 46.8 Å². The van der Waals surface area contributed by atoms with Crippen LogP contribution in [-0.2, 0) is 17.8 Å². The Kier molecular flexibility index (Phi) is 4.53. The van der Waals surface area contributed by atoms with E-state index in [-0.39, 0.29) is 6.04 Å². The van der Waals surface area contributed by atoms with Crippen molar-refractivity contribution < 1.29 is 4.74 Å². The number of ether oxygens (including phenoxy) is 1. The van der Waals surface area contributed by atoms with Gasteiger partial charge in [0.25, 0.3) is 0 Å². The molecule has 0 radical (unpaired) electrons. The van der Waals surface area contributed by atoms with E-state index >= 15 is 0 Å². The van der Waals surface area contributed by atoms with Crippen molar-refractivity contribution in [1.82, 2.24) is 14.5 Å². The van der Waals surface area contributed by atoms with E-state index in [0.29, 0.717) is 0 Å². The molecule has 0 saturated carbocycles. The van der Waals surface area contributed by atoms with Crippen molar-refractivity contribution in [2.24, 2.45) is 5.73 Å². The van der Waals surface area contributed by atoms with Crippen molar-refractivity contribution >= 4 is 11.0 Å². The van der Waals surface area contributed by atoms with Crippen LogP contribution in [0.25, 0.3) is 11.0 Å². The predicted molar refractivity (Wildman–Crippen MR) is 84.1 cm³/mol. The largest absolute Gasteiger partial charge is 0.379 e. The van der Waals surface area contributed by atoms with E-state index < -0.39 is 0 Å². The molecule has 1 aliphatic rings. The molecule has 1 fully saturated rings. The molecule has 2 heterocycles. The lowest BCUT2D eigenvalue weighted by atomic mass is 10.2. The lowest BCUT2D eigenvalue weighted by Crippen LogP contribution is -2.37. The zero-order valence-corrected chi connectivity index (χ0v) is 12.7. The molecular formula is C16H24N4O. The van der Waals surface area contributed by atoms with Gasteiger partial charge in [-0.25, -0.2) is 4.98 Å². The fraction of sp³-hybridized carbons (Fsp3) is 0.562. The number of rotatable bonds is 5. The number of morpholine rings is 1. The van der Waals surface area contributed by atoms with Gasteiger partial charge in [-0.15, -0.1) is 0 Å². The van der Waals surface area contributed by atoms with E-state index in [2.05, 4.69) is 34.6 Å². The maximum absolute atomic E-state index is 6.18. The summed E-state index contributed by atoms with van der Waals surface area (Å²) in [5.74, 6) is 1.11. The van der Waals surface area contributed by atoms with Gasteiger partial charge in [0.2, 0.25) is 0 Å². The number of benzene rings is 1. The molecule has 0 aliphatic carbocycles. The van der Waals surface area contributed by atoms with Gasteiger partial charge < -0.3 is 15.0 Å². The normalized spacial score (nSPS) is 18.2. The molecule has 0 spiro atoms. The minimum Gasteiger partial charge on any atom is -0.379 e. The van der Waals surface area contributed by atoms with Crippen molar-refractivity contribution in [1.29, 1.82) is 0 Å². The standard InChI is InChI=1S/C16H24N4O/c1-2-13(17)11-20-15-6-4-3-5-14(15)18-16(20)12-19-7-9-21-10-8-19/h3-6,13H,2,7-12,17H2,1H3. The molecule has 1 aromatic heterocycles. The second kappa shape index (κ2) is 6.56. The van der Waals surface area contributed by atoms with Gasteiger partial charge in [0, 0.05) is 25.7 Å². The van der Waals surface area contributed by atoms with Crippen LogP contribution in [0.1, 0.15) is 19.2 Å². The summed E-state index contributed by atoms with van der Waals surface area (Å²) in [5, 5.41) is 0. The first kappa shape index (κ1) is 14.5. The molecule has 1 unspecified atom stereocenters. The van der Waals surface area contributed by atoms with Crippen LogP contribution in [0, 0.1) is 0 Å². The van der Waals surface area contributed by atoms with Gasteiger partial charge >= 0.3 is 0 Å². The van der Waals surface area contributed by atoms with Gasteiger partial charge in [-0.05, 0) is 18.6 Å². The minimum atomic E-state index is 0.172. The first-order chi connectivity index (χ1) is 10.3. The molecule has 2 N–H and O–H groups in total. The van der Waals surface area contributed by atoms with Crippen LogP contribution >= 0.6 is 0 Å². The van der Waals surface area contributed by atoms with Crippen LogP contribution in [0.3, 0.4) is 0 Å². The number of aromatic nitrogens is 2. The van der Waals surface area contributed by atoms with E-state index in [1.165, 1.54) is 5.52 Å². The van der Waals surface area contributed by atoms with E-state index in [0.717, 1.165) is 57.2 Å². The Morgan fingerprint density at radius 3 is 2.81 bits per heavy atom. The number of imidazole rings is 1. The average molecular weight is 288 g/mol. The van der Waals surface area contributed by atoms with Crippen molar-refractivity contribution in [3.05, 3.63) is 30.1 Å². The lowest BCUT2D eigenvalue weighted by Gasteiger charge is -2.26. The zero-order valence-electron chi connectivity index (χ0n) is 12.7. The minimum absolute atomic E-state index is 0.172. The second-order valence-corrected chi connectivity index (χ2v) is 5.68. The SMILES string of the molecule is CCC(N)Cn1c(CN2CCOCC2)nc2ccccc21. The zero-order chi connectivity index (χ0) is 14.7. The summed E-state index contributed by atoms with van der Waals surface area (Å²) in [6, 6.07) is 8.49. The Morgan fingerprint density at radius 2 is 2.05 bits per heavy atom. The van der Waals surface area contributed by atoms with Crippen molar-refractivity contribution in [3.8, 4) is 0 Å². The first-order valence-corrected chi connectivity index (χ1v) is 7.77. The number of nitrogens with two attached hydrogens (primary N) is 1. The molecule has 1 aliphatic heterocycles. The molecule has 5 nitrogen and oxygen atoms in total. The van der Waals surface area contributed by atoms with Gasteiger partial charge in [0.1, 0.15) is 5.82 Å². The summed E-state index contributed by atoms with van der Waals surface area (Å²) in [6.45, 7) is 7.41. The Labute approximate surface area is 125 Å². The van der Waals surface area contributed by atoms with Gasteiger partial charge in [0.15, 0.2) is 0 Å². The maximum Gasteiger partial charge on any atom is 0.124 e. The van der Waals surface area contributed by atoms with Gasteiger partial charge in [-0.2, -0.15) is 0 Å². The third kappa shape index (κ3) is 3.26. The number of nitrogens with zero attached hydrogens (tertiary/aromatic N) is 3. The summed E-state index contributed by atoms with van der Waals surface area (Å²) in [7, 11) is 0. The molecule has 0 amide bonds. The molecule has 3 rings (SSSR count). The monoisotopic (exact) mass is 288 g/mol. The summed E-state index contributed by atoms with van der Waals surface area (Å²) >= 11 is 0. The molecule has 1 saturated heterocycles. The number of hydrogen-bond acceptors (Lipinski definition) is 4. The third-order valence-corrected chi connectivity index (χ3v) is 4.14. The van der Waals surface area contributed by atoms with Crippen LogP contribution in [0.2, 0.25) is 0 Å². The Hall–Kier alpha value is -1.43. The summed E-state index contributed by atoms with van der Waals surface area (Å²) in [4.78, 5) is 7.22. The van der Waals surface area contributed by atoms with Crippen LogP contribution < -0.4 is 5.73 Å². The smallest absolute Gasteiger partial charge is 0.124 e. The van der Waals surface area contributed by atoms with Crippen LogP contribution in [0.4, 0.5) is 0 Å². The van der Waals surface area contributed by atoms with Crippen LogP contribution in [0.5, 0.6) is 0 Å². The number of fused-ring (bicyclic) bond motifs is 1. The molecule has 1 atom stereocenters. The van der Waals surface area contributed by atoms with Crippen molar-refractivity contribution in [3.63, 3.8) is 0 Å². The average Bonchev–Trinajstić information content (AvgIpc) is 2.86. The second-order valence-electron chi connectivity index (χ2n) is 5.68. The molecule has 0 bridgehead atoms. The van der Waals surface area contributed by atoms with E-state index in [4.69, 9.17) is 15.5 Å². The van der Waals surface area contributed by atoms with Gasteiger partial charge in [-0.1, -0.05) is 19.1 Å². The first-order valence-electron chi connectivity index (χ1n) is 7.77. The van der Waals surface area contributed by atoms with Gasteiger partial charge in [0.05, 0.1) is 30.8 Å². The third-order valence-electron chi connectivity index (χ3n) is 4.14. The van der Waals surface area contributed by atoms with E-state index in [1.807, 2.05) is 6.07 Å². The molecule has 2 aromatic rings. The highest BCUT2D eigenvalue weighted by molar-refractivity contribution is 5.75. The highest BCUT2D eigenvalue weighted by Crippen LogP contribution is 2.18. The quantitative estimate of drug-likeness (QED) is 0.908. The molecule has 21 heavy (non-hydrogen) atoms. The van der Waals surface area contributed by atoms with E-state index in [9.17, 15) is 0 Å². The fourth-order valence-electron chi connectivity index (χ4n) is 2.77. The number of hydrogen-bond donors (Lipinski definition) is 1. The Morgan fingerprint density at radius 1 is 1.29 bits per heavy atom. The predicted octanol–water partition coefficient (Wildman–Crippen LogP) is 1.61. The topological polar surface area (TPSA) is 56.3 Å². The van der Waals surface area contributed by atoms with Gasteiger partial charge in [-0.3, -0.25) is 4.90 Å². The highest BCUT2D eigenvalue weighted by Gasteiger charge is 2.17. The summed E-state index contributed by atoms with van der Waals surface area (Å²) in [5.41, 5.74) is 8.42.